The van der Waals surface area contributed by atoms with Crippen LogP contribution in [-0.2, 0) is 23.7 Å². The number of hydrogen-bond donors (Lipinski definition) is 1. The molecule has 0 aliphatic carbocycles. The second kappa shape index (κ2) is 12.5. The van der Waals surface area contributed by atoms with Crippen molar-refractivity contribution in [2.75, 3.05) is 25.9 Å². The zero-order chi connectivity index (χ0) is 29.0. The molecule has 2 aliphatic heterocycles. The number of aliphatic hydroxyl groups excluding tert-OH is 1. The van der Waals surface area contributed by atoms with Crippen LogP contribution in [0.25, 0.3) is 6.08 Å². The van der Waals surface area contributed by atoms with Gasteiger partial charge in [0.1, 0.15) is 35.2 Å². The molecule has 1 saturated heterocycles. The summed E-state index contributed by atoms with van der Waals surface area (Å²) in [5.74, 6) is -1.26. The molecule has 0 saturated carbocycles. The number of carbonyl (C=O) groups excluding carboxylic acids is 2. The number of hydrogen-bond acceptors (Lipinski definition) is 9. The zero-order valence-corrected chi connectivity index (χ0v) is 24.1. The molecule has 0 spiro atoms. The van der Waals surface area contributed by atoms with Gasteiger partial charge in [0, 0.05) is 26.6 Å². The first-order valence-corrected chi connectivity index (χ1v) is 13.0. The quantitative estimate of drug-likeness (QED) is 0.322. The van der Waals surface area contributed by atoms with Gasteiger partial charge >= 0.3 is 12.1 Å². The number of methoxy groups -OCH3 is 1. The number of rotatable bonds is 4. The molecule has 10 nitrogen and oxygen atoms in total. The third-order valence-electron chi connectivity index (χ3n) is 6.04. The van der Waals surface area contributed by atoms with Gasteiger partial charge in [-0.1, -0.05) is 24.3 Å². The van der Waals surface area contributed by atoms with Crippen molar-refractivity contribution >= 4 is 23.8 Å². The third-order valence-corrected chi connectivity index (χ3v) is 6.04. The smallest absolute Gasteiger partial charge is 0.414 e. The van der Waals surface area contributed by atoms with Crippen molar-refractivity contribution in [3.05, 3.63) is 41.5 Å². The average Bonchev–Trinajstić information content (AvgIpc) is 3.14. The van der Waals surface area contributed by atoms with Gasteiger partial charge < -0.3 is 33.5 Å². The van der Waals surface area contributed by atoms with Crippen LogP contribution in [-0.4, -0.2) is 73.9 Å². The van der Waals surface area contributed by atoms with Gasteiger partial charge in [0.15, 0.2) is 12.6 Å². The summed E-state index contributed by atoms with van der Waals surface area (Å²) in [5.41, 5.74) is 0.409. The van der Waals surface area contributed by atoms with Crippen LogP contribution in [0.2, 0.25) is 0 Å². The fourth-order valence-electron chi connectivity index (χ4n) is 4.31. The van der Waals surface area contributed by atoms with Gasteiger partial charge in [-0.2, -0.15) is 0 Å². The van der Waals surface area contributed by atoms with Crippen LogP contribution >= 0.6 is 0 Å². The number of aliphatic hydroxyl groups is 1. The van der Waals surface area contributed by atoms with Crippen molar-refractivity contribution in [1.82, 2.24) is 0 Å². The van der Waals surface area contributed by atoms with Crippen molar-refractivity contribution in [1.29, 1.82) is 0 Å². The number of anilines is 1. The first-order chi connectivity index (χ1) is 18.2. The van der Waals surface area contributed by atoms with Crippen LogP contribution in [0.4, 0.5) is 10.5 Å². The van der Waals surface area contributed by atoms with Crippen LogP contribution in [0.1, 0.15) is 70.3 Å². The first-order valence-electron chi connectivity index (χ1n) is 13.0. The molecule has 4 atom stereocenters. The van der Waals surface area contributed by atoms with E-state index >= 15 is 0 Å². The van der Waals surface area contributed by atoms with Crippen molar-refractivity contribution in [2.45, 2.75) is 90.2 Å². The third kappa shape index (κ3) is 8.28. The lowest BCUT2D eigenvalue weighted by Crippen LogP contribution is -2.34. The summed E-state index contributed by atoms with van der Waals surface area (Å²) >= 11 is 0. The van der Waals surface area contributed by atoms with Crippen LogP contribution in [0.15, 0.2) is 30.4 Å². The van der Waals surface area contributed by atoms with Gasteiger partial charge in [0.25, 0.3) is 0 Å². The summed E-state index contributed by atoms with van der Waals surface area (Å²) in [6.07, 6.45) is 4.79. The molecule has 216 valence electrons. The minimum atomic E-state index is -0.897. The number of cyclic esters (lactones) is 1. The van der Waals surface area contributed by atoms with E-state index in [0.29, 0.717) is 24.1 Å². The predicted molar refractivity (Wildman–Crippen MR) is 146 cm³/mol. The monoisotopic (exact) mass is 547 g/mol. The Labute approximate surface area is 230 Å². The maximum Gasteiger partial charge on any atom is 0.414 e. The SMILES string of the molecule is COCOc1cc(N(C)C(=O)OC(C)(C)C)cc2c1C(=O)O[C@@H](C)C/C=C\C(O)[C@H]1OC(C)(C)O[C@H]1C/C=C/2. The molecule has 1 N–H and O–H groups in total. The van der Waals surface area contributed by atoms with Gasteiger partial charge in [0.2, 0.25) is 0 Å². The molecule has 0 aromatic heterocycles. The topological polar surface area (TPSA) is 113 Å². The number of nitrogens with zero attached hydrogens (tertiary/aromatic N) is 1. The van der Waals surface area contributed by atoms with E-state index in [-0.39, 0.29) is 18.1 Å². The van der Waals surface area contributed by atoms with Gasteiger partial charge in [-0.05, 0) is 59.6 Å². The molecular formula is C29H41NO9. The maximum atomic E-state index is 13.4. The highest BCUT2D eigenvalue weighted by Gasteiger charge is 2.43. The molecule has 1 fully saturated rings. The lowest BCUT2D eigenvalue weighted by atomic mass is 10.0. The highest BCUT2D eigenvalue weighted by molar-refractivity contribution is 5.99. The summed E-state index contributed by atoms with van der Waals surface area (Å²) in [7, 11) is 3.05. The molecule has 2 heterocycles. The van der Waals surface area contributed by atoms with Gasteiger partial charge in [-0.3, -0.25) is 4.90 Å². The van der Waals surface area contributed by atoms with Gasteiger partial charge in [-0.25, -0.2) is 9.59 Å². The van der Waals surface area contributed by atoms with Crippen LogP contribution < -0.4 is 9.64 Å². The number of esters is 1. The van der Waals surface area contributed by atoms with Crippen molar-refractivity contribution in [2.24, 2.45) is 0 Å². The summed E-state index contributed by atoms with van der Waals surface area (Å²) in [6.45, 7) is 10.6. The summed E-state index contributed by atoms with van der Waals surface area (Å²) in [4.78, 5) is 27.6. The molecule has 2 aliphatic rings. The average molecular weight is 548 g/mol. The normalized spacial score (nSPS) is 26.8. The number of carbonyl (C=O) groups is 2. The second-order valence-corrected chi connectivity index (χ2v) is 11.1. The molecule has 10 heteroatoms. The molecular weight excluding hydrogens is 506 g/mol. The molecule has 1 unspecified atom stereocenters. The molecule has 0 bridgehead atoms. The van der Waals surface area contributed by atoms with Crippen molar-refractivity contribution < 1.29 is 43.1 Å². The van der Waals surface area contributed by atoms with Crippen molar-refractivity contribution in [3.8, 4) is 5.75 Å². The van der Waals surface area contributed by atoms with Gasteiger partial charge in [0.05, 0.1) is 11.8 Å². The Kier molecular flexibility index (Phi) is 9.82. The molecule has 39 heavy (non-hydrogen) atoms. The molecule has 1 amide bonds. The largest absolute Gasteiger partial charge is 0.467 e. The Morgan fingerprint density at radius 1 is 1.18 bits per heavy atom. The summed E-state index contributed by atoms with van der Waals surface area (Å²) in [6, 6.07) is 3.27. The maximum absolute atomic E-state index is 13.4. The fourth-order valence-corrected chi connectivity index (χ4v) is 4.31. The van der Waals surface area contributed by atoms with E-state index < -0.39 is 47.9 Å². The number of amides is 1. The van der Waals surface area contributed by atoms with E-state index in [4.69, 9.17) is 28.4 Å². The standard InChI is InChI=1S/C29H41NO9/c1-18-11-9-13-21(31)25-22(37-29(5,6)38-25)14-10-12-19-15-20(30(7)27(33)39-28(2,3)4)16-23(35-17-34-8)24(19)26(32)36-18/h9-10,12-13,15-16,18,21-22,25,31H,11,14,17H2,1-8H3/b12-10+,13-9-/t18-,21?,22-,25+/m0/s1. The van der Waals surface area contributed by atoms with E-state index in [9.17, 15) is 14.7 Å². The van der Waals surface area contributed by atoms with E-state index in [1.165, 1.54) is 12.0 Å². The Morgan fingerprint density at radius 3 is 2.56 bits per heavy atom. The number of fused-ring (bicyclic) bond motifs is 2. The zero-order valence-electron chi connectivity index (χ0n) is 24.1. The first kappa shape index (κ1) is 30.6. The molecule has 1 aromatic rings. The van der Waals surface area contributed by atoms with Gasteiger partial charge in [-0.15, -0.1) is 0 Å². The minimum Gasteiger partial charge on any atom is -0.467 e. The molecule has 0 radical (unpaired) electrons. The summed E-state index contributed by atoms with van der Waals surface area (Å²) < 4.78 is 34.2. The minimum absolute atomic E-state index is 0.122. The summed E-state index contributed by atoms with van der Waals surface area (Å²) in [5, 5.41) is 10.8. The van der Waals surface area contributed by atoms with Crippen LogP contribution in [0, 0.1) is 0 Å². The Morgan fingerprint density at radius 2 is 1.90 bits per heavy atom. The number of benzene rings is 1. The molecule has 3 rings (SSSR count). The van der Waals surface area contributed by atoms with Crippen molar-refractivity contribution in [3.63, 3.8) is 0 Å². The second-order valence-electron chi connectivity index (χ2n) is 11.1. The lowest BCUT2D eigenvalue weighted by molar-refractivity contribution is -0.152. The van der Waals surface area contributed by atoms with E-state index in [2.05, 4.69) is 0 Å². The van der Waals surface area contributed by atoms with Crippen LogP contribution in [0.5, 0.6) is 5.75 Å². The highest BCUT2D eigenvalue weighted by Crippen LogP contribution is 2.35. The van der Waals surface area contributed by atoms with E-state index in [1.54, 1.807) is 79.0 Å². The Hall–Kier alpha value is -2.92. The Balaban J connectivity index is 2.08. The Bertz CT molecular complexity index is 1090. The fraction of sp³-hybridized carbons (Fsp3) is 0.586. The molecule has 1 aromatic carbocycles. The highest BCUT2D eigenvalue weighted by atomic mass is 16.8. The number of ether oxygens (including phenoxy) is 6. The lowest BCUT2D eigenvalue weighted by Gasteiger charge is -2.26. The van der Waals surface area contributed by atoms with Crippen LogP contribution in [0.3, 0.4) is 0 Å². The van der Waals surface area contributed by atoms with E-state index in [0.717, 1.165) is 0 Å². The predicted octanol–water partition coefficient (Wildman–Crippen LogP) is 4.83. The van der Waals surface area contributed by atoms with E-state index in [1.807, 2.05) is 6.08 Å².